The van der Waals surface area contributed by atoms with Gasteiger partial charge in [0.25, 0.3) is 0 Å². The van der Waals surface area contributed by atoms with Gasteiger partial charge in [-0.2, -0.15) is 0 Å². The van der Waals surface area contributed by atoms with E-state index < -0.39 is 0 Å². The minimum absolute atomic E-state index is 0.0892. The molecule has 1 N–H and O–H groups in total. The maximum Gasteiger partial charge on any atom is 0.336 e. The quantitative estimate of drug-likeness (QED) is 0.568. The van der Waals surface area contributed by atoms with E-state index in [1.54, 1.807) is 0 Å². The van der Waals surface area contributed by atoms with Crippen LogP contribution in [0.1, 0.15) is 25.2 Å². The van der Waals surface area contributed by atoms with Crippen LogP contribution in [0, 0.1) is 11.8 Å². The molecule has 0 saturated carbocycles. The number of nitrogens with zero attached hydrogens (tertiary/aromatic N) is 3. The zero-order chi connectivity index (χ0) is 18.5. The van der Waals surface area contributed by atoms with Gasteiger partial charge < -0.3 is 10.0 Å². The van der Waals surface area contributed by atoms with E-state index in [1.165, 1.54) is 5.69 Å². The van der Waals surface area contributed by atoms with Crippen LogP contribution in [0.3, 0.4) is 0 Å². The first-order valence-corrected chi connectivity index (χ1v) is 9.14. The van der Waals surface area contributed by atoms with Gasteiger partial charge in [0.2, 0.25) is 0 Å². The van der Waals surface area contributed by atoms with Gasteiger partial charge in [0.1, 0.15) is 6.54 Å². The number of aliphatic hydroxyl groups excluding tert-OH is 1. The normalized spacial score (nSPS) is 10.6. The lowest BCUT2D eigenvalue weighted by Crippen LogP contribution is -2.31. The van der Waals surface area contributed by atoms with Crippen molar-refractivity contribution in [3.63, 3.8) is 0 Å². The summed E-state index contributed by atoms with van der Waals surface area (Å²) in [5, 5.41) is 9.44. The van der Waals surface area contributed by atoms with Gasteiger partial charge in [0.15, 0.2) is 11.0 Å². The minimum atomic E-state index is 0.0892. The maximum absolute atomic E-state index is 9.44. The van der Waals surface area contributed by atoms with E-state index in [-0.39, 0.29) is 6.61 Å². The van der Waals surface area contributed by atoms with Crippen molar-refractivity contribution < 1.29 is 9.67 Å². The highest BCUT2D eigenvalue weighted by molar-refractivity contribution is 5.73. The molecule has 0 aliphatic rings. The first-order chi connectivity index (χ1) is 12.7. The highest BCUT2D eigenvalue weighted by Crippen LogP contribution is 2.15. The summed E-state index contributed by atoms with van der Waals surface area (Å²) in [7, 11) is 2.02. The topological polar surface area (TPSA) is 32.3 Å². The SMILES string of the molecule is CCN(CC)c1ccc(C#Cc2n(CCO)c3ccccc3[n+]2C)cc1. The van der Waals surface area contributed by atoms with Gasteiger partial charge in [-0.3, -0.25) is 0 Å². The molecule has 1 heterocycles. The number of hydrogen-bond acceptors (Lipinski definition) is 2. The van der Waals surface area contributed by atoms with E-state index >= 15 is 0 Å². The summed E-state index contributed by atoms with van der Waals surface area (Å²) in [6.07, 6.45) is 0. The molecule has 3 aromatic rings. The van der Waals surface area contributed by atoms with Crippen LogP contribution < -0.4 is 9.47 Å². The summed E-state index contributed by atoms with van der Waals surface area (Å²) in [6.45, 7) is 6.95. The molecule has 1 aromatic heterocycles. The number of benzene rings is 2. The Bertz CT molecular complexity index is 941. The highest BCUT2D eigenvalue weighted by atomic mass is 16.3. The summed E-state index contributed by atoms with van der Waals surface area (Å²) in [4.78, 5) is 2.32. The molecule has 2 aromatic carbocycles. The number of fused-ring (bicyclic) bond motifs is 1. The molecular weight excluding hydrogens is 322 g/mol. The van der Waals surface area contributed by atoms with Gasteiger partial charge in [-0.15, -0.1) is 0 Å². The molecule has 134 valence electrons. The first kappa shape index (κ1) is 18.0. The van der Waals surface area contributed by atoms with E-state index in [0.29, 0.717) is 6.54 Å². The van der Waals surface area contributed by atoms with Gasteiger partial charge >= 0.3 is 5.82 Å². The number of para-hydroxylation sites is 2. The zero-order valence-corrected chi connectivity index (χ0v) is 15.7. The number of hydrogen-bond donors (Lipinski definition) is 1. The Hall–Kier alpha value is -2.77. The van der Waals surface area contributed by atoms with Crippen molar-refractivity contribution in [2.24, 2.45) is 7.05 Å². The Labute approximate surface area is 155 Å². The molecule has 4 nitrogen and oxygen atoms in total. The monoisotopic (exact) mass is 348 g/mol. The van der Waals surface area contributed by atoms with Gasteiger partial charge in [0.05, 0.1) is 13.7 Å². The van der Waals surface area contributed by atoms with Gasteiger partial charge in [-0.25, -0.2) is 9.13 Å². The number of anilines is 1. The van der Waals surface area contributed by atoms with Crippen LogP contribution in [0.5, 0.6) is 0 Å². The van der Waals surface area contributed by atoms with E-state index in [1.807, 2.05) is 19.2 Å². The Kier molecular flexibility index (Phi) is 5.60. The molecule has 26 heavy (non-hydrogen) atoms. The Morgan fingerprint density at radius 1 is 1.00 bits per heavy atom. The summed E-state index contributed by atoms with van der Waals surface area (Å²) in [6, 6.07) is 16.6. The molecule has 0 spiro atoms. The van der Waals surface area contributed by atoms with Crippen molar-refractivity contribution in [3.8, 4) is 11.8 Å². The Morgan fingerprint density at radius 3 is 2.35 bits per heavy atom. The zero-order valence-electron chi connectivity index (χ0n) is 15.7. The summed E-state index contributed by atoms with van der Waals surface area (Å²) >= 11 is 0. The van der Waals surface area contributed by atoms with Crippen molar-refractivity contribution in [3.05, 3.63) is 59.9 Å². The summed E-state index contributed by atoms with van der Waals surface area (Å²) < 4.78 is 4.16. The predicted octanol–water partition coefficient (Wildman–Crippen LogP) is 2.70. The average molecular weight is 348 g/mol. The van der Waals surface area contributed by atoms with E-state index in [0.717, 1.165) is 35.5 Å². The van der Waals surface area contributed by atoms with Crippen LogP contribution in [-0.4, -0.2) is 29.4 Å². The lowest BCUT2D eigenvalue weighted by molar-refractivity contribution is -0.648. The third-order valence-corrected chi connectivity index (χ3v) is 4.75. The van der Waals surface area contributed by atoms with Crippen LogP contribution in [-0.2, 0) is 13.6 Å². The van der Waals surface area contributed by atoms with Crippen molar-refractivity contribution in [2.45, 2.75) is 20.4 Å². The minimum Gasteiger partial charge on any atom is -0.392 e. The molecule has 0 aliphatic heterocycles. The van der Waals surface area contributed by atoms with Crippen LogP contribution >= 0.6 is 0 Å². The fourth-order valence-electron chi connectivity index (χ4n) is 3.34. The molecular formula is C22H26N3O+. The van der Waals surface area contributed by atoms with E-state index in [4.69, 9.17) is 0 Å². The third kappa shape index (κ3) is 3.44. The van der Waals surface area contributed by atoms with Crippen molar-refractivity contribution >= 4 is 16.7 Å². The smallest absolute Gasteiger partial charge is 0.336 e. The number of rotatable bonds is 5. The number of aromatic nitrogens is 2. The molecule has 4 heteroatoms. The standard InChI is InChI=1S/C22H26N3O/c1-4-24(5-2)19-13-10-18(11-14-19)12-15-22-23(3)20-8-6-7-9-21(20)25(22)16-17-26/h6-11,13-14,26H,4-5,16-17H2,1-3H3/q+1. The van der Waals surface area contributed by atoms with Gasteiger partial charge in [0, 0.05) is 30.3 Å². The van der Waals surface area contributed by atoms with Crippen molar-refractivity contribution in [2.75, 3.05) is 24.6 Å². The maximum atomic E-state index is 9.44. The van der Waals surface area contributed by atoms with Gasteiger partial charge in [-0.1, -0.05) is 18.1 Å². The molecule has 0 amide bonds. The molecule has 0 saturated heterocycles. The summed E-state index contributed by atoms with van der Waals surface area (Å²) in [5.41, 5.74) is 4.41. The average Bonchev–Trinajstić information content (AvgIpc) is 2.94. The second-order valence-electron chi connectivity index (χ2n) is 6.22. The first-order valence-electron chi connectivity index (χ1n) is 9.14. The Balaban J connectivity index is 1.97. The molecule has 0 unspecified atom stereocenters. The number of aliphatic hydroxyl groups is 1. The molecule has 0 fully saturated rings. The summed E-state index contributed by atoms with van der Waals surface area (Å²) in [5.74, 6) is 7.47. The highest BCUT2D eigenvalue weighted by Gasteiger charge is 2.20. The van der Waals surface area contributed by atoms with Crippen LogP contribution in [0.15, 0.2) is 48.5 Å². The second kappa shape index (κ2) is 8.07. The van der Waals surface area contributed by atoms with Gasteiger partial charge in [-0.05, 0) is 50.2 Å². The molecule has 0 bridgehead atoms. The fraction of sp³-hybridized carbons (Fsp3) is 0.318. The van der Waals surface area contributed by atoms with Crippen LogP contribution in [0.25, 0.3) is 11.0 Å². The lowest BCUT2D eigenvalue weighted by atomic mass is 10.2. The van der Waals surface area contributed by atoms with Crippen molar-refractivity contribution in [1.29, 1.82) is 0 Å². The molecule has 0 aliphatic carbocycles. The third-order valence-electron chi connectivity index (χ3n) is 4.75. The van der Waals surface area contributed by atoms with E-state index in [2.05, 4.69) is 76.1 Å². The number of imidazole rings is 1. The van der Waals surface area contributed by atoms with Crippen molar-refractivity contribution in [1.82, 2.24) is 4.57 Å². The van der Waals surface area contributed by atoms with E-state index in [9.17, 15) is 5.11 Å². The molecule has 3 rings (SSSR count). The second-order valence-corrected chi connectivity index (χ2v) is 6.22. The predicted molar refractivity (Wildman–Crippen MR) is 106 cm³/mol. The molecule has 0 radical (unpaired) electrons. The number of aryl methyl sites for hydroxylation is 1. The molecule has 0 atom stereocenters. The lowest BCUT2D eigenvalue weighted by Gasteiger charge is -2.20. The fourth-order valence-corrected chi connectivity index (χ4v) is 3.34. The van der Waals surface area contributed by atoms with Crippen LogP contribution in [0.2, 0.25) is 0 Å². The van der Waals surface area contributed by atoms with Crippen LogP contribution in [0.4, 0.5) is 5.69 Å². The Morgan fingerprint density at radius 2 is 1.69 bits per heavy atom. The largest absolute Gasteiger partial charge is 0.392 e.